The molecule has 0 spiro atoms. The van der Waals surface area contributed by atoms with Crippen molar-refractivity contribution in [3.63, 3.8) is 0 Å². The fourth-order valence-electron chi connectivity index (χ4n) is 2.37. The highest BCUT2D eigenvalue weighted by molar-refractivity contribution is 9.09. The molecule has 0 aromatic carbocycles. The second-order valence-corrected chi connectivity index (χ2v) is 7.58. The Morgan fingerprint density at radius 1 is 0.741 bits per heavy atom. The smallest absolute Gasteiger partial charge is 0.154 e. The number of ether oxygens (including phenoxy) is 1. The Morgan fingerprint density at radius 3 is 1.74 bits per heavy atom. The van der Waals surface area contributed by atoms with E-state index in [0.717, 1.165) is 44.2 Å². The first kappa shape index (κ1) is 32.7. The van der Waals surface area contributed by atoms with E-state index in [1.807, 2.05) is 0 Å². The highest BCUT2D eigenvalue weighted by Gasteiger charge is 2.03. The van der Waals surface area contributed by atoms with Crippen molar-refractivity contribution in [1.29, 1.82) is 0 Å². The molecule has 4 nitrogen and oxygen atoms in total. The van der Waals surface area contributed by atoms with Crippen molar-refractivity contribution in [3.8, 4) is 0 Å². The molecule has 0 rings (SSSR count). The summed E-state index contributed by atoms with van der Waals surface area (Å²) in [6.45, 7) is 5.94. The number of hydrogen-bond donors (Lipinski definition) is 4. The van der Waals surface area contributed by atoms with Crippen LogP contribution in [0.5, 0.6) is 0 Å². The van der Waals surface area contributed by atoms with Gasteiger partial charge in [-0.25, -0.2) is 0 Å². The van der Waals surface area contributed by atoms with Gasteiger partial charge in [0.15, 0.2) is 6.29 Å². The van der Waals surface area contributed by atoms with Gasteiger partial charge in [0, 0.05) is 11.9 Å². The van der Waals surface area contributed by atoms with Crippen LogP contribution in [-0.4, -0.2) is 34.5 Å². The number of unbranched alkanes of at least 4 members (excludes halogenated alkanes) is 10. The van der Waals surface area contributed by atoms with Crippen LogP contribution in [0.25, 0.3) is 0 Å². The molecule has 2 N–H and O–H groups in total. The molecule has 0 fully saturated rings. The van der Waals surface area contributed by atoms with Crippen molar-refractivity contribution in [3.05, 3.63) is 0 Å². The number of aliphatic hydroxyl groups excluding tert-OH is 1. The van der Waals surface area contributed by atoms with Gasteiger partial charge in [0.2, 0.25) is 0 Å². The second kappa shape index (κ2) is 34.5. The van der Waals surface area contributed by atoms with E-state index in [4.69, 9.17) is 9.29 Å². The monoisotopic (exact) mass is 492 g/mol. The molecule has 0 radical (unpaired) electrons. The maximum Gasteiger partial charge on any atom is 0.154 e. The van der Waals surface area contributed by atoms with E-state index in [1.165, 1.54) is 64.2 Å². The number of hydrogen-bond acceptors (Lipinski definition) is 6. The Morgan fingerprint density at radius 2 is 1.22 bits per heavy atom. The lowest BCUT2D eigenvalue weighted by molar-refractivity contribution is -0.105. The molecule has 0 aliphatic carbocycles. The first-order chi connectivity index (χ1) is 13.2. The maximum atomic E-state index is 9.62. The van der Waals surface area contributed by atoms with E-state index in [9.17, 15) is 5.11 Å². The van der Waals surface area contributed by atoms with Gasteiger partial charge in [-0.05, 0) is 57.9 Å². The van der Waals surface area contributed by atoms with Gasteiger partial charge < -0.3 is 18.6 Å². The molecular weight excluding hydrogens is 448 g/mol. The molecule has 0 bridgehead atoms. The normalized spacial score (nSPS) is 11.2. The van der Waals surface area contributed by atoms with Gasteiger partial charge in [-0.2, -0.15) is 0 Å². The van der Waals surface area contributed by atoms with Crippen molar-refractivity contribution in [1.82, 2.24) is 0 Å². The Bertz CT molecular complexity index is 224. The van der Waals surface area contributed by atoms with Crippen molar-refractivity contribution in [2.75, 3.05) is 18.5 Å². The molecule has 7 heteroatoms. The zero-order valence-electron chi connectivity index (χ0n) is 17.6. The Labute approximate surface area is 188 Å². The quantitative estimate of drug-likeness (QED) is 0.0526. The minimum atomic E-state index is -0.526. The zero-order chi connectivity index (χ0) is 21.0. The van der Waals surface area contributed by atoms with Crippen molar-refractivity contribution in [2.45, 2.75) is 110 Å². The van der Waals surface area contributed by atoms with E-state index in [-0.39, 0.29) is 0 Å². The van der Waals surface area contributed by atoms with Crippen LogP contribution in [0.2, 0.25) is 0 Å². The fourth-order valence-corrected chi connectivity index (χ4v) is 2.89. The summed E-state index contributed by atoms with van der Waals surface area (Å²) in [5.41, 5.74) is 0. The zero-order valence-corrected chi connectivity index (χ0v) is 21.0. The van der Waals surface area contributed by atoms with Gasteiger partial charge in [-0.3, -0.25) is 0 Å². The molecule has 0 saturated heterocycles. The molecule has 0 aliphatic heterocycles. The van der Waals surface area contributed by atoms with Crippen molar-refractivity contribution in [2.24, 2.45) is 0 Å². The van der Waals surface area contributed by atoms with E-state index in [1.54, 1.807) is 0 Å². The third kappa shape index (κ3) is 38.3. The molecule has 0 aromatic heterocycles. The third-order valence-electron chi connectivity index (χ3n) is 3.98. The number of aliphatic hydroxyl groups is 1. The largest absolute Gasteiger partial charge is 0.368 e. The highest BCUT2D eigenvalue weighted by atomic mass is 79.9. The number of thiol groups is 2. The maximum absolute atomic E-state index is 9.62. The van der Waals surface area contributed by atoms with Gasteiger partial charge >= 0.3 is 0 Å². The summed E-state index contributed by atoms with van der Waals surface area (Å²) in [7, 11) is 0. The second-order valence-electron chi connectivity index (χ2n) is 6.53. The Kier molecular flexibility index (Phi) is 41.8. The molecule has 1 unspecified atom stereocenters. The van der Waals surface area contributed by atoms with E-state index >= 15 is 0 Å². The van der Waals surface area contributed by atoms with Crippen LogP contribution in [0.1, 0.15) is 104 Å². The first-order valence-corrected chi connectivity index (χ1v) is 12.4. The highest BCUT2D eigenvalue weighted by Crippen LogP contribution is 2.09. The minimum Gasteiger partial charge on any atom is -0.368 e. The van der Waals surface area contributed by atoms with Crippen molar-refractivity contribution >= 4 is 41.7 Å². The molecule has 1 atom stereocenters. The molecule has 27 heavy (non-hydrogen) atoms. The summed E-state index contributed by atoms with van der Waals surface area (Å²) in [5.74, 6) is 0. The Balaban J connectivity index is -0.000000535. The van der Waals surface area contributed by atoms with Crippen LogP contribution in [0.4, 0.5) is 0 Å². The standard InChI is InChI=1S/C16H34O2.C4H9BrOS.H2OS/c1-3-5-7-9-11-13-15-18-16(17)14-12-10-8-6-4-2;5-3-1-2-4-6-7;1-2/h16-17H,3-15H2,1-2H3;7H,1-4H2;1-2H. The SMILES string of the molecule is CCCCCCCCOC(O)CCCCCCC.OS.SOCCCCBr. The summed E-state index contributed by atoms with van der Waals surface area (Å²) in [4.78, 5) is 0. The molecule has 0 aromatic rings. The molecular formula is C20H45BrO4S2. The number of alkyl halides is 1. The topological polar surface area (TPSA) is 58.9 Å². The molecule has 0 heterocycles. The van der Waals surface area contributed by atoms with Gasteiger partial charge in [0.25, 0.3) is 0 Å². The van der Waals surface area contributed by atoms with E-state index < -0.39 is 6.29 Å². The van der Waals surface area contributed by atoms with Crippen LogP contribution in [0.3, 0.4) is 0 Å². The molecule has 0 aliphatic rings. The van der Waals surface area contributed by atoms with Gasteiger partial charge in [-0.1, -0.05) is 87.6 Å². The molecule has 168 valence electrons. The number of halogens is 1. The van der Waals surface area contributed by atoms with Crippen LogP contribution in [0, 0.1) is 0 Å². The summed E-state index contributed by atoms with van der Waals surface area (Å²) in [6.07, 6.45) is 16.4. The predicted octanol–water partition coefficient (Wildman–Crippen LogP) is 7.45. The summed E-state index contributed by atoms with van der Waals surface area (Å²) in [5, 5.41) is 10.7. The Hall–Kier alpha value is 1.02. The summed E-state index contributed by atoms with van der Waals surface area (Å²) in [6, 6.07) is 0. The van der Waals surface area contributed by atoms with E-state index in [0.29, 0.717) is 0 Å². The third-order valence-corrected chi connectivity index (χ3v) is 4.73. The molecule has 0 saturated carbocycles. The summed E-state index contributed by atoms with van der Waals surface area (Å²) >= 11 is 9.40. The van der Waals surface area contributed by atoms with Crippen LogP contribution in [0.15, 0.2) is 0 Å². The lowest BCUT2D eigenvalue weighted by Crippen LogP contribution is -2.12. The lowest BCUT2D eigenvalue weighted by Gasteiger charge is -2.11. The van der Waals surface area contributed by atoms with Gasteiger partial charge in [-0.15, -0.1) is 0 Å². The first-order valence-electron chi connectivity index (χ1n) is 10.5. The van der Waals surface area contributed by atoms with Crippen LogP contribution < -0.4 is 0 Å². The number of rotatable bonds is 18. The predicted molar refractivity (Wildman–Crippen MR) is 128 cm³/mol. The lowest BCUT2D eigenvalue weighted by atomic mass is 10.1. The minimum absolute atomic E-state index is 0.526. The van der Waals surface area contributed by atoms with Crippen molar-refractivity contribution < 1.29 is 18.6 Å². The van der Waals surface area contributed by atoms with E-state index in [2.05, 4.69) is 59.8 Å². The van der Waals surface area contributed by atoms with Crippen LogP contribution in [-0.2, 0) is 8.92 Å². The average molecular weight is 494 g/mol. The average Bonchev–Trinajstić information content (AvgIpc) is 2.69. The molecule has 0 amide bonds. The van der Waals surface area contributed by atoms with Gasteiger partial charge in [0.1, 0.15) is 0 Å². The van der Waals surface area contributed by atoms with Crippen LogP contribution >= 0.6 is 41.7 Å². The van der Waals surface area contributed by atoms with Gasteiger partial charge in [0.05, 0.1) is 6.61 Å². The fraction of sp³-hybridized carbons (Fsp3) is 1.00. The summed E-state index contributed by atoms with van der Waals surface area (Å²) < 4.78 is 16.6.